The number of pyridine rings is 2. The maximum absolute atomic E-state index is 12.4. The summed E-state index contributed by atoms with van der Waals surface area (Å²) in [4.78, 5) is 58.2. The van der Waals surface area contributed by atoms with Crippen LogP contribution in [0.5, 0.6) is 0 Å². The van der Waals surface area contributed by atoms with Crippen molar-refractivity contribution in [3.05, 3.63) is 53.3 Å². The van der Waals surface area contributed by atoms with Gasteiger partial charge < -0.3 is 23.7 Å². The molecule has 5 rings (SSSR count). The first-order valence-electron chi connectivity index (χ1n) is 15.3. The van der Waals surface area contributed by atoms with Gasteiger partial charge in [-0.3, -0.25) is 24.2 Å². The Labute approximate surface area is 276 Å². The molecule has 2 aliphatic rings. The quantitative estimate of drug-likeness (QED) is 0.187. The molecule has 12 nitrogen and oxygen atoms in total. The monoisotopic (exact) mass is 661 g/mol. The van der Waals surface area contributed by atoms with Crippen LogP contribution >= 0.6 is 11.8 Å². The van der Waals surface area contributed by atoms with Gasteiger partial charge in [-0.25, -0.2) is 4.98 Å². The van der Waals surface area contributed by atoms with E-state index < -0.39 is 53.7 Å². The topological polar surface area (TPSA) is 164 Å². The number of benzene rings is 1. The average molecular weight is 662 g/mol. The summed E-state index contributed by atoms with van der Waals surface area (Å²) in [5.74, 6) is -2.77. The maximum atomic E-state index is 12.4. The molecule has 1 saturated heterocycles. The Balaban J connectivity index is 1.67. The Bertz CT molecular complexity index is 1730. The second-order valence-corrected chi connectivity index (χ2v) is 12.4. The molecule has 2 aromatic heterocycles. The van der Waals surface area contributed by atoms with Crippen LogP contribution in [-0.2, 0) is 55.7 Å². The van der Waals surface area contributed by atoms with Crippen molar-refractivity contribution < 1.29 is 42.9 Å². The lowest BCUT2D eigenvalue weighted by atomic mass is 9.90. The van der Waals surface area contributed by atoms with Crippen LogP contribution in [0.4, 0.5) is 0 Å². The summed E-state index contributed by atoms with van der Waals surface area (Å²) in [5, 5.41) is 11.9. The summed E-state index contributed by atoms with van der Waals surface area (Å²) < 4.78 is 28.4. The zero-order valence-corrected chi connectivity index (χ0v) is 27.3. The van der Waals surface area contributed by atoms with Gasteiger partial charge in [0.1, 0.15) is 23.8 Å². The molecule has 47 heavy (non-hydrogen) atoms. The van der Waals surface area contributed by atoms with E-state index in [4.69, 9.17) is 28.7 Å². The first-order chi connectivity index (χ1) is 22.6. The van der Waals surface area contributed by atoms with E-state index in [0.29, 0.717) is 17.0 Å². The van der Waals surface area contributed by atoms with E-state index in [9.17, 15) is 24.4 Å². The fraction of sp³-hybridized carbons (Fsp3) is 0.441. The molecule has 0 saturated carbocycles. The van der Waals surface area contributed by atoms with Gasteiger partial charge in [0.2, 0.25) is 0 Å². The molecule has 1 aromatic carbocycles. The van der Waals surface area contributed by atoms with E-state index in [-0.39, 0.29) is 6.61 Å². The Morgan fingerprint density at radius 2 is 1.57 bits per heavy atom. The smallest absolute Gasteiger partial charge is 0.303 e. The minimum Gasteiger partial charge on any atom is -0.463 e. The predicted molar refractivity (Wildman–Crippen MR) is 169 cm³/mol. The molecule has 3 aromatic rings. The molecule has 0 radical (unpaired) electrons. The lowest BCUT2D eigenvalue weighted by molar-refractivity contribution is -0.237. The van der Waals surface area contributed by atoms with E-state index in [1.54, 1.807) is 6.20 Å². The molecule has 1 aliphatic heterocycles. The molecule has 0 unspecified atom stereocenters. The summed E-state index contributed by atoms with van der Waals surface area (Å²) in [6, 6.07) is 12.0. The number of rotatable bonds is 8. The van der Waals surface area contributed by atoms with Crippen LogP contribution in [0.3, 0.4) is 0 Å². The van der Waals surface area contributed by atoms with Crippen LogP contribution < -0.4 is 0 Å². The Hall–Kier alpha value is -4.54. The van der Waals surface area contributed by atoms with Crippen LogP contribution in [-0.4, -0.2) is 70.3 Å². The number of aryl methyl sites for hydroxylation is 1. The molecule has 0 bridgehead atoms. The highest BCUT2D eigenvalue weighted by molar-refractivity contribution is 7.99. The number of esters is 4. The standard InChI is InChI=1S/C34H35N3O9S/c1-18(38)42-17-28-30(43-19(2)39)31(44-20(3)40)32(45-21(4)41)34(46-28)47-33-25(16-35)29(24-11-6-5-7-13-27(24)37-33)23-14-15-36-26-12-9-8-10-22(23)26/h8-10,12,14-15,28,30-32,34H,5-7,11,13,17H2,1-4H3/t28-,30+,31+,32-,34+/m1/s1. The van der Waals surface area contributed by atoms with E-state index in [1.807, 2.05) is 30.3 Å². The molecule has 0 amide bonds. The van der Waals surface area contributed by atoms with Gasteiger partial charge in [-0.15, -0.1) is 0 Å². The summed E-state index contributed by atoms with van der Waals surface area (Å²) in [6.07, 6.45) is 1.01. The Kier molecular flexibility index (Phi) is 10.7. The number of nitrogens with zero attached hydrogens (tertiary/aromatic N) is 3. The van der Waals surface area contributed by atoms with Crippen molar-refractivity contribution in [2.75, 3.05) is 6.61 Å². The number of nitriles is 1. The molecule has 3 heterocycles. The molecular formula is C34H35N3O9S. The van der Waals surface area contributed by atoms with Gasteiger partial charge in [0.15, 0.2) is 23.7 Å². The maximum Gasteiger partial charge on any atom is 0.303 e. The van der Waals surface area contributed by atoms with Crippen molar-refractivity contribution in [1.29, 1.82) is 5.26 Å². The van der Waals surface area contributed by atoms with E-state index in [2.05, 4.69) is 11.1 Å². The van der Waals surface area contributed by atoms with E-state index in [1.165, 1.54) is 27.7 Å². The van der Waals surface area contributed by atoms with Crippen LogP contribution in [0.1, 0.15) is 63.8 Å². The summed E-state index contributed by atoms with van der Waals surface area (Å²) in [6.45, 7) is 4.38. The second-order valence-electron chi connectivity index (χ2n) is 11.3. The highest BCUT2D eigenvalue weighted by atomic mass is 32.2. The summed E-state index contributed by atoms with van der Waals surface area (Å²) >= 11 is 1.03. The number of carbonyl (C=O) groups excluding carboxylic acids is 4. The third-order valence-electron chi connectivity index (χ3n) is 7.90. The van der Waals surface area contributed by atoms with Crippen molar-refractivity contribution in [2.24, 2.45) is 0 Å². The first kappa shape index (κ1) is 33.8. The minimum absolute atomic E-state index is 0.305. The number of ether oxygens (including phenoxy) is 5. The molecule has 0 spiro atoms. The van der Waals surface area contributed by atoms with Gasteiger partial charge in [-0.05, 0) is 48.9 Å². The fourth-order valence-corrected chi connectivity index (χ4v) is 7.28. The molecule has 246 valence electrons. The Morgan fingerprint density at radius 3 is 2.28 bits per heavy atom. The zero-order valence-electron chi connectivity index (χ0n) is 26.5. The third kappa shape index (κ3) is 7.72. The number of thioether (sulfide) groups is 1. The van der Waals surface area contributed by atoms with Crippen molar-refractivity contribution in [3.8, 4) is 17.2 Å². The van der Waals surface area contributed by atoms with Crippen molar-refractivity contribution in [2.45, 2.75) is 94.7 Å². The van der Waals surface area contributed by atoms with Crippen molar-refractivity contribution in [3.63, 3.8) is 0 Å². The summed E-state index contributed by atoms with van der Waals surface area (Å²) in [7, 11) is 0. The normalized spacial score (nSPS) is 22.2. The van der Waals surface area contributed by atoms with Crippen LogP contribution in [0, 0.1) is 11.3 Å². The molecule has 1 fully saturated rings. The van der Waals surface area contributed by atoms with Gasteiger partial charge in [0, 0.05) is 50.5 Å². The highest BCUT2D eigenvalue weighted by Crippen LogP contribution is 2.43. The van der Waals surface area contributed by atoms with E-state index in [0.717, 1.165) is 70.7 Å². The minimum atomic E-state index is -1.33. The second kappa shape index (κ2) is 14.9. The van der Waals surface area contributed by atoms with Gasteiger partial charge in [0.25, 0.3) is 0 Å². The molecule has 0 N–H and O–H groups in total. The molecule has 5 atom stereocenters. The van der Waals surface area contributed by atoms with Crippen LogP contribution in [0.2, 0.25) is 0 Å². The van der Waals surface area contributed by atoms with Crippen LogP contribution in [0.25, 0.3) is 22.0 Å². The largest absolute Gasteiger partial charge is 0.463 e. The van der Waals surface area contributed by atoms with E-state index >= 15 is 0 Å². The molecule has 1 aliphatic carbocycles. The van der Waals surface area contributed by atoms with Crippen molar-refractivity contribution >= 4 is 46.5 Å². The third-order valence-corrected chi connectivity index (χ3v) is 9.03. The summed E-state index contributed by atoms with van der Waals surface area (Å²) in [5.41, 5.74) is 3.41. The van der Waals surface area contributed by atoms with Gasteiger partial charge in [-0.1, -0.05) is 36.4 Å². The molecule has 13 heteroatoms. The number of para-hydroxylation sites is 1. The first-order valence-corrected chi connectivity index (χ1v) is 16.2. The number of fused-ring (bicyclic) bond motifs is 2. The number of aromatic nitrogens is 2. The van der Waals surface area contributed by atoms with Gasteiger partial charge >= 0.3 is 23.9 Å². The number of carbonyl (C=O) groups is 4. The Morgan fingerprint density at radius 1 is 0.894 bits per heavy atom. The lowest BCUT2D eigenvalue weighted by Crippen LogP contribution is -2.61. The van der Waals surface area contributed by atoms with Gasteiger partial charge in [-0.2, -0.15) is 5.26 Å². The van der Waals surface area contributed by atoms with Crippen LogP contribution in [0.15, 0.2) is 41.6 Å². The fourth-order valence-electron chi connectivity index (χ4n) is 6.09. The number of hydrogen-bond acceptors (Lipinski definition) is 13. The number of hydrogen-bond donors (Lipinski definition) is 0. The average Bonchev–Trinajstić information content (AvgIpc) is 3.26. The highest BCUT2D eigenvalue weighted by Gasteiger charge is 2.53. The molecular weight excluding hydrogens is 626 g/mol. The zero-order chi connectivity index (χ0) is 33.7. The van der Waals surface area contributed by atoms with Gasteiger partial charge in [0.05, 0.1) is 11.1 Å². The van der Waals surface area contributed by atoms with Crippen molar-refractivity contribution in [1.82, 2.24) is 9.97 Å². The predicted octanol–water partition coefficient (Wildman–Crippen LogP) is 4.61. The SMILES string of the molecule is CC(=O)OC[C@H]1O[C@@H](Sc2nc3c(c(-c4ccnc5ccccc45)c2C#N)CCCCC3)[C@H](OC(C)=O)[C@@H](OC(C)=O)[C@H]1OC(C)=O. The lowest BCUT2D eigenvalue weighted by Gasteiger charge is -2.44.